The number of carbonyl (C=O) groups is 1. The molecule has 0 fully saturated rings. The van der Waals surface area contributed by atoms with Gasteiger partial charge in [-0.05, 0) is 28.7 Å². The van der Waals surface area contributed by atoms with Crippen LogP contribution in [0.25, 0.3) is 10.8 Å². The number of benzene rings is 2. The van der Waals surface area contributed by atoms with Gasteiger partial charge in [-0.3, -0.25) is 4.79 Å². The van der Waals surface area contributed by atoms with E-state index in [4.69, 9.17) is 0 Å². The largest absolute Gasteiger partial charge is 0.310 e. The molecule has 0 bridgehead atoms. The van der Waals surface area contributed by atoms with Crippen molar-refractivity contribution >= 4 is 16.6 Å². The first-order valence-electron chi connectivity index (χ1n) is 7.49. The molecule has 1 aliphatic carbocycles. The fraction of sp³-hybridized carbons (Fsp3) is 0.389. The third-order valence-electron chi connectivity index (χ3n) is 4.36. The second kappa shape index (κ2) is 5.21. The molecule has 1 nitrogen and oxygen atoms in total. The fourth-order valence-electron chi connectivity index (χ4n) is 3.33. The standard InChI is InChI=1S/C18H18F2O/c1-2-3-6-13-11-18(19,20)17(21)15-10-9-12-7-4-5-8-14(12)16(13)15/h4-5,7-10,13H,2-3,6,11H2,1H3. The van der Waals surface area contributed by atoms with Crippen LogP contribution in [0.3, 0.4) is 0 Å². The summed E-state index contributed by atoms with van der Waals surface area (Å²) >= 11 is 0. The minimum atomic E-state index is -3.23. The molecular formula is C18H18F2O. The lowest BCUT2D eigenvalue weighted by atomic mass is 9.75. The molecule has 0 heterocycles. The van der Waals surface area contributed by atoms with Gasteiger partial charge in [-0.25, -0.2) is 0 Å². The van der Waals surface area contributed by atoms with Crippen LogP contribution in [0.15, 0.2) is 36.4 Å². The van der Waals surface area contributed by atoms with Crippen molar-refractivity contribution < 1.29 is 13.6 Å². The van der Waals surface area contributed by atoms with E-state index in [0.717, 1.165) is 29.2 Å². The lowest BCUT2D eigenvalue weighted by molar-refractivity contribution is -0.00404. The monoisotopic (exact) mass is 288 g/mol. The summed E-state index contributed by atoms with van der Waals surface area (Å²) in [5.41, 5.74) is 1.04. The highest BCUT2D eigenvalue weighted by Crippen LogP contribution is 2.45. The molecule has 1 atom stereocenters. The zero-order valence-electron chi connectivity index (χ0n) is 12.0. The van der Waals surface area contributed by atoms with Crippen molar-refractivity contribution in [3.05, 3.63) is 47.5 Å². The van der Waals surface area contributed by atoms with E-state index in [1.54, 1.807) is 12.1 Å². The van der Waals surface area contributed by atoms with Gasteiger partial charge in [0.25, 0.3) is 0 Å². The third kappa shape index (κ3) is 2.35. The molecule has 1 unspecified atom stereocenters. The average Bonchev–Trinajstić information content (AvgIpc) is 2.48. The first-order valence-corrected chi connectivity index (χ1v) is 7.49. The maximum Gasteiger partial charge on any atom is 0.310 e. The highest BCUT2D eigenvalue weighted by Gasteiger charge is 2.47. The van der Waals surface area contributed by atoms with Gasteiger partial charge in [-0.2, -0.15) is 8.78 Å². The van der Waals surface area contributed by atoms with Crippen molar-refractivity contribution in [2.75, 3.05) is 0 Å². The lowest BCUT2D eigenvalue weighted by Gasteiger charge is -2.31. The molecule has 0 aromatic heterocycles. The summed E-state index contributed by atoms with van der Waals surface area (Å²) in [5, 5.41) is 1.95. The van der Waals surface area contributed by atoms with Gasteiger partial charge >= 0.3 is 5.92 Å². The van der Waals surface area contributed by atoms with Crippen LogP contribution < -0.4 is 0 Å². The van der Waals surface area contributed by atoms with E-state index in [1.165, 1.54) is 0 Å². The highest BCUT2D eigenvalue weighted by atomic mass is 19.3. The molecule has 2 aromatic rings. The van der Waals surface area contributed by atoms with Crippen molar-refractivity contribution in [2.45, 2.75) is 44.4 Å². The summed E-state index contributed by atoms with van der Waals surface area (Å²) < 4.78 is 28.0. The Kier molecular flexibility index (Phi) is 3.52. The quantitative estimate of drug-likeness (QED) is 0.745. The fourth-order valence-corrected chi connectivity index (χ4v) is 3.33. The van der Waals surface area contributed by atoms with Crippen LogP contribution in [0, 0.1) is 0 Å². The summed E-state index contributed by atoms with van der Waals surface area (Å²) in [6, 6.07) is 11.1. The number of unbranched alkanes of at least 4 members (excludes halogenated alkanes) is 1. The van der Waals surface area contributed by atoms with Crippen LogP contribution in [0.1, 0.15) is 54.4 Å². The SMILES string of the molecule is CCCCC1CC(F)(F)C(=O)c2ccc3ccccc3c21. The van der Waals surface area contributed by atoms with Gasteiger partial charge in [0.2, 0.25) is 5.78 Å². The molecule has 0 N–H and O–H groups in total. The number of ketones is 1. The normalized spacial score (nSPS) is 20.5. The number of carbonyl (C=O) groups excluding carboxylic acids is 1. The van der Waals surface area contributed by atoms with Crippen molar-refractivity contribution in [3.63, 3.8) is 0 Å². The minimum Gasteiger partial charge on any atom is -0.287 e. The Labute approximate surface area is 123 Å². The van der Waals surface area contributed by atoms with E-state index in [-0.39, 0.29) is 17.9 Å². The maximum atomic E-state index is 14.0. The number of Topliss-reactive ketones (excluding diaryl/α,β-unsaturated/α-hetero) is 1. The Balaban J connectivity index is 2.21. The molecule has 0 aliphatic heterocycles. The van der Waals surface area contributed by atoms with Gasteiger partial charge in [0.05, 0.1) is 0 Å². The molecule has 110 valence electrons. The number of alkyl halides is 2. The van der Waals surface area contributed by atoms with Crippen LogP contribution in [0.2, 0.25) is 0 Å². The Hall–Kier alpha value is -1.77. The van der Waals surface area contributed by atoms with Gasteiger partial charge in [-0.1, -0.05) is 56.2 Å². The summed E-state index contributed by atoms with van der Waals surface area (Å²) in [5.74, 6) is -4.48. The first kappa shape index (κ1) is 14.2. The number of hydrogen-bond acceptors (Lipinski definition) is 1. The summed E-state index contributed by atoms with van der Waals surface area (Å²) in [7, 11) is 0. The van der Waals surface area contributed by atoms with Gasteiger partial charge in [0.15, 0.2) is 0 Å². The van der Waals surface area contributed by atoms with Crippen LogP contribution in [0.5, 0.6) is 0 Å². The van der Waals surface area contributed by atoms with E-state index in [0.29, 0.717) is 6.42 Å². The number of rotatable bonds is 3. The van der Waals surface area contributed by atoms with Gasteiger partial charge in [0.1, 0.15) is 0 Å². The van der Waals surface area contributed by atoms with E-state index in [9.17, 15) is 13.6 Å². The second-order valence-electron chi connectivity index (χ2n) is 5.82. The van der Waals surface area contributed by atoms with Crippen molar-refractivity contribution in [1.29, 1.82) is 0 Å². The van der Waals surface area contributed by atoms with Crippen LogP contribution >= 0.6 is 0 Å². The van der Waals surface area contributed by atoms with Crippen LogP contribution in [-0.2, 0) is 0 Å². The molecule has 3 heteroatoms. The Morgan fingerprint density at radius 2 is 1.95 bits per heavy atom. The first-order chi connectivity index (χ1) is 10.0. The predicted octanol–water partition coefficient (Wildman–Crippen LogP) is 5.34. The highest BCUT2D eigenvalue weighted by molar-refractivity contribution is 6.08. The van der Waals surface area contributed by atoms with Crippen molar-refractivity contribution in [1.82, 2.24) is 0 Å². The maximum absolute atomic E-state index is 14.0. The summed E-state index contributed by atoms with van der Waals surface area (Å²) in [6.07, 6.45) is 2.22. The molecule has 3 rings (SSSR count). The molecule has 21 heavy (non-hydrogen) atoms. The molecular weight excluding hydrogens is 270 g/mol. The lowest BCUT2D eigenvalue weighted by Crippen LogP contribution is -2.36. The van der Waals surface area contributed by atoms with E-state index >= 15 is 0 Å². The van der Waals surface area contributed by atoms with Gasteiger partial charge < -0.3 is 0 Å². The third-order valence-corrected chi connectivity index (χ3v) is 4.36. The second-order valence-corrected chi connectivity index (χ2v) is 5.82. The minimum absolute atomic E-state index is 0.214. The van der Waals surface area contributed by atoms with Crippen LogP contribution in [0.4, 0.5) is 8.78 Å². The Bertz CT molecular complexity index is 691. The topological polar surface area (TPSA) is 17.1 Å². The van der Waals surface area contributed by atoms with E-state index in [1.807, 2.05) is 24.3 Å². The van der Waals surface area contributed by atoms with E-state index in [2.05, 4.69) is 6.92 Å². The molecule has 0 amide bonds. The summed E-state index contributed by atoms with van der Waals surface area (Å²) in [6.45, 7) is 2.05. The smallest absolute Gasteiger partial charge is 0.287 e. The predicted molar refractivity (Wildman–Crippen MR) is 80.1 cm³/mol. The van der Waals surface area contributed by atoms with Crippen LogP contribution in [-0.4, -0.2) is 11.7 Å². The zero-order valence-corrected chi connectivity index (χ0v) is 12.0. The summed E-state index contributed by atoms with van der Waals surface area (Å²) in [4.78, 5) is 12.1. The van der Waals surface area contributed by atoms with Crippen molar-refractivity contribution in [2.24, 2.45) is 0 Å². The molecule has 0 spiro atoms. The Morgan fingerprint density at radius 3 is 2.71 bits per heavy atom. The average molecular weight is 288 g/mol. The Morgan fingerprint density at radius 1 is 1.19 bits per heavy atom. The molecule has 0 saturated heterocycles. The van der Waals surface area contributed by atoms with E-state index < -0.39 is 11.7 Å². The number of halogens is 2. The van der Waals surface area contributed by atoms with Gasteiger partial charge in [-0.15, -0.1) is 0 Å². The number of fused-ring (bicyclic) bond motifs is 3. The van der Waals surface area contributed by atoms with Crippen molar-refractivity contribution in [3.8, 4) is 0 Å². The molecule has 0 radical (unpaired) electrons. The molecule has 1 aliphatic rings. The van der Waals surface area contributed by atoms with Gasteiger partial charge in [0, 0.05) is 12.0 Å². The molecule has 2 aromatic carbocycles. The molecule has 0 saturated carbocycles. The number of hydrogen-bond donors (Lipinski definition) is 0. The zero-order chi connectivity index (χ0) is 15.0.